The van der Waals surface area contributed by atoms with Crippen LogP contribution in [0.2, 0.25) is 0 Å². The van der Waals surface area contributed by atoms with Gasteiger partial charge in [-0.15, -0.1) is 0 Å². The van der Waals surface area contributed by atoms with E-state index < -0.39 is 0 Å². The first kappa shape index (κ1) is 16.7. The largest absolute Gasteiger partial charge is 0.495 e. The second-order valence-corrected chi connectivity index (χ2v) is 6.47. The predicted molar refractivity (Wildman–Crippen MR) is 94.2 cm³/mol. The molecule has 0 saturated carbocycles. The van der Waals surface area contributed by atoms with E-state index in [2.05, 4.69) is 11.4 Å². The van der Waals surface area contributed by atoms with Crippen molar-refractivity contribution in [1.82, 2.24) is 5.32 Å². The van der Waals surface area contributed by atoms with Crippen molar-refractivity contribution in [3.63, 3.8) is 0 Å². The van der Waals surface area contributed by atoms with E-state index in [0.717, 1.165) is 5.69 Å². The second-order valence-electron chi connectivity index (χ2n) is 6.47. The Morgan fingerprint density at radius 3 is 2.40 bits per heavy atom. The molecule has 1 heterocycles. The maximum absolute atomic E-state index is 12.0. The van der Waals surface area contributed by atoms with Crippen molar-refractivity contribution in [1.29, 1.82) is 5.26 Å². The minimum atomic E-state index is -0.245. The molecule has 1 saturated heterocycles. The number of anilines is 1. The molecule has 1 N–H and O–H groups in total. The molecule has 3 rings (SSSR count). The number of hydrogen-bond donors (Lipinski definition) is 1. The molecule has 0 bridgehead atoms. The summed E-state index contributed by atoms with van der Waals surface area (Å²) in [5, 5.41) is 11.9. The molecule has 2 aromatic carbocycles. The normalized spacial score (nSPS) is 15.4. The van der Waals surface area contributed by atoms with Gasteiger partial charge >= 0.3 is 6.03 Å². The van der Waals surface area contributed by atoms with Crippen molar-refractivity contribution in [2.24, 2.45) is 0 Å². The maximum Gasteiger partial charge on any atom is 0.322 e. The Bertz CT molecular complexity index is 838. The van der Waals surface area contributed by atoms with Crippen molar-refractivity contribution >= 4 is 11.7 Å². The van der Waals surface area contributed by atoms with E-state index in [1.165, 1.54) is 7.11 Å². The summed E-state index contributed by atoms with van der Waals surface area (Å²) in [4.78, 5) is 13.7. The lowest BCUT2D eigenvalue weighted by molar-refractivity contribution is 0.248. The molecule has 25 heavy (non-hydrogen) atoms. The molecule has 6 heteroatoms. The van der Waals surface area contributed by atoms with E-state index in [1.807, 2.05) is 26.0 Å². The van der Waals surface area contributed by atoms with Crippen LogP contribution < -0.4 is 19.7 Å². The summed E-state index contributed by atoms with van der Waals surface area (Å²) in [6.07, 6.45) is 0. The van der Waals surface area contributed by atoms with Gasteiger partial charge in [-0.3, -0.25) is 4.90 Å². The molecule has 0 aliphatic carbocycles. The van der Waals surface area contributed by atoms with Crippen molar-refractivity contribution in [2.45, 2.75) is 19.4 Å². The lowest BCUT2D eigenvalue weighted by atomic mass is 10.1. The van der Waals surface area contributed by atoms with Gasteiger partial charge in [-0.05, 0) is 50.2 Å². The molecule has 6 nitrogen and oxygen atoms in total. The Kier molecular flexibility index (Phi) is 4.24. The molecule has 0 spiro atoms. The van der Waals surface area contributed by atoms with E-state index >= 15 is 0 Å². The monoisotopic (exact) mass is 337 g/mol. The third kappa shape index (κ3) is 3.50. The summed E-state index contributed by atoms with van der Waals surface area (Å²) in [6, 6.07) is 14.3. The highest BCUT2D eigenvalue weighted by Gasteiger charge is 2.35. The zero-order valence-corrected chi connectivity index (χ0v) is 14.4. The van der Waals surface area contributed by atoms with Gasteiger partial charge < -0.3 is 14.8 Å². The maximum atomic E-state index is 12.0. The van der Waals surface area contributed by atoms with E-state index in [1.54, 1.807) is 35.2 Å². The number of hydrogen-bond acceptors (Lipinski definition) is 4. The molecule has 2 amide bonds. The number of methoxy groups -OCH3 is 1. The zero-order chi connectivity index (χ0) is 18.0. The fraction of sp³-hybridized carbons (Fsp3) is 0.263. The molecule has 0 atom stereocenters. The number of carbonyl (C=O) groups is 1. The van der Waals surface area contributed by atoms with Crippen LogP contribution in [0.25, 0.3) is 0 Å². The van der Waals surface area contributed by atoms with E-state index in [9.17, 15) is 4.79 Å². The first-order valence-corrected chi connectivity index (χ1v) is 7.87. The highest BCUT2D eigenvalue weighted by Crippen LogP contribution is 2.30. The Hall–Kier alpha value is -3.20. The molecule has 0 radical (unpaired) electrons. The number of nitrogens with one attached hydrogen (secondary N) is 1. The molecule has 1 fully saturated rings. The highest BCUT2D eigenvalue weighted by atomic mass is 16.5. The molecule has 1 aliphatic rings. The van der Waals surface area contributed by atoms with Gasteiger partial charge in [0.15, 0.2) is 0 Å². The van der Waals surface area contributed by atoms with E-state index in [-0.39, 0.29) is 11.6 Å². The number of urea groups is 1. The summed E-state index contributed by atoms with van der Waals surface area (Å²) in [6.45, 7) is 4.58. The fourth-order valence-electron chi connectivity index (χ4n) is 2.73. The van der Waals surface area contributed by atoms with Crippen LogP contribution in [0.5, 0.6) is 17.2 Å². The standard InChI is InChI=1S/C19H19N3O3/c1-19(2)12-22(18(23)21-19)14-5-8-15(9-6-14)25-16-7-4-13(11-20)17(10-16)24-3/h4-10H,12H2,1-3H3,(H,21,23). The SMILES string of the molecule is COc1cc(Oc2ccc(N3CC(C)(C)NC3=O)cc2)ccc1C#N. The Morgan fingerprint density at radius 1 is 1.16 bits per heavy atom. The van der Waals surface area contributed by atoms with Gasteiger partial charge in [-0.2, -0.15) is 5.26 Å². The lowest BCUT2D eigenvalue weighted by Gasteiger charge is -2.18. The third-order valence-electron chi connectivity index (χ3n) is 3.92. The summed E-state index contributed by atoms with van der Waals surface area (Å²) >= 11 is 0. The third-order valence-corrected chi connectivity index (χ3v) is 3.92. The first-order valence-electron chi connectivity index (χ1n) is 7.87. The lowest BCUT2D eigenvalue weighted by Crippen LogP contribution is -2.36. The summed E-state index contributed by atoms with van der Waals surface area (Å²) in [7, 11) is 1.51. The summed E-state index contributed by atoms with van der Waals surface area (Å²) < 4.78 is 11.0. The van der Waals surface area contributed by atoms with Crippen LogP contribution in [0.15, 0.2) is 42.5 Å². The molecular formula is C19H19N3O3. The minimum absolute atomic E-state index is 0.101. The van der Waals surface area contributed by atoms with Crippen molar-refractivity contribution < 1.29 is 14.3 Å². The van der Waals surface area contributed by atoms with Crippen molar-refractivity contribution in [3.8, 4) is 23.3 Å². The number of carbonyl (C=O) groups excluding carboxylic acids is 1. The van der Waals surface area contributed by atoms with Gasteiger partial charge in [0.05, 0.1) is 24.8 Å². The van der Waals surface area contributed by atoms with Gasteiger partial charge in [-0.1, -0.05) is 0 Å². The van der Waals surface area contributed by atoms with Crippen LogP contribution in [-0.2, 0) is 0 Å². The fourth-order valence-corrected chi connectivity index (χ4v) is 2.73. The smallest absolute Gasteiger partial charge is 0.322 e. The first-order chi connectivity index (χ1) is 11.9. The Morgan fingerprint density at radius 2 is 1.84 bits per heavy atom. The van der Waals surface area contributed by atoms with Crippen LogP contribution in [0.3, 0.4) is 0 Å². The second kappa shape index (κ2) is 6.36. The molecule has 0 unspecified atom stereocenters. The number of ether oxygens (including phenoxy) is 2. The molecule has 128 valence electrons. The quantitative estimate of drug-likeness (QED) is 0.924. The average molecular weight is 337 g/mol. The van der Waals surface area contributed by atoms with Crippen LogP contribution >= 0.6 is 0 Å². The van der Waals surface area contributed by atoms with Gasteiger partial charge in [-0.25, -0.2) is 4.79 Å². The molecule has 0 aromatic heterocycles. The average Bonchev–Trinajstić information content (AvgIpc) is 2.88. The van der Waals surface area contributed by atoms with Crippen LogP contribution in [0.4, 0.5) is 10.5 Å². The highest BCUT2D eigenvalue weighted by molar-refractivity contribution is 5.95. The van der Waals surface area contributed by atoms with Gasteiger partial charge in [0.2, 0.25) is 0 Å². The number of nitriles is 1. The van der Waals surface area contributed by atoms with Crippen LogP contribution in [0, 0.1) is 11.3 Å². The Balaban J connectivity index is 1.76. The van der Waals surface area contributed by atoms with E-state index in [0.29, 0.717) is 29.4 Å². The molecular weight excluding hydrogens is 318 g/mol. The van der Waals surface area contributed by atoms with Gasteiger partial charge in [0.25, 0.3) is 0 Å². The number of benzene rings is 2. The van der Waals surface area contributed by atoms with Gasteiger partial charge in [0, 0.05) is 11.8 Å². The number of rotatable bonds is 4. The summed E-state index contributed by atoms with van der Waals surface area (Å²) in [5.41, 5.74) is 1.02. The molecule has 1 aliphatic heterocycles. The van der Waals surface area contributed by atoms with Crippen LogP contribution in [-0.4, -0.2) is 25.2 Å². The molecule has 2 aromatic rings. The number of amides is 2. The van der Waals surface area contributed by atoms with Crippen molar-refractivity contribution in [2.75, 3.05) is 18.6 Å². The van der Waals surface area contributed by atoms with Gasteiger partial charge in [0.1, 0.15) is 23.3 Å². The van der Waals surface area contributed by atoms with E-state index in [4.69, 9.17) is 14.7 Å². The topological polar surface area (TPSA) is 74.6 Å². The summed E-state index contributed by atoms with van der Waals surface area (Å²) in [5.74, 6) is 1.67. The predicted octanol–water partition coefficient (Wildman–Crippen LogP) is 3.67. The number of nitrogens with zero attached hydrogens (tertiary/aromatic N) is 2. The zero-order valence-electron chi connectivity index (χ0n) is 14.4. The van der Waals surface area contributed by atoms with Crippen LogP contribution in [0.1, 0.15) is 19.4 Å². The Labute approximate surface area is 146 Å². The van der Waals surface area contributed by atoms with Crippen molar-refractivity contribution in [3.05, 3.63) is 48.0 Å². The minimum Gasteiger partial charge on any atom is -0.495 e.